The molecule has 2 amide bonds. The highest BCUT2D eigenvalue weighted by molar-refractivity contribution is 5.79. The molecule has 6 nitrogen and oxygen atoms in total. The van der Waals surface area contributed by atoms with E-state index in [0.717, 1.165) is 65.1 Å². The molecule has 2 N–H and O–H groups in total. The summed E-state index contributed by atoms with van der Waals surface area (Å²) in [6.45, 7) is 7.27. The summed E-state index contributed by atoms with van der Waals surface area (Å²) >= 11 is 0. The molecule has 2 aliphatic rings. The van der Waals surface area contributed by atoms with Crippen molar-refractivity contribution in [3.63, 3.8) is 0 Å². The van der Waals surface area contributed by atoms with E-state index >= 15 is 0 Å². The van der Waals surface area contributed by atoms with Gasteiger partial charge < -0.3 is 15.4 Å². The van der Waals surface area contributed by atoms with Crippen LogP contribution in [0.1, 0.15) is 32.6 Å². The Morgan fingerprint density at radius 1 is 1.18 bits per heavy atom. The zero-order valence-corrected chi connectivity index (χ0v) is 13.6. The van der Waals surface area contributed by atoms with Gasteiger partial charge in [0.1, 0.15) is 0 Å². The molecule has 0 aromatic rings. The summed E-state index contributed by atoms with van der Waals surface area (Å²) in [6, 6.07) is 0. The van der Waals surface area contributed by atoms with Crippen LogP contribution in [0.15, 0.2) is 0 Å². The first kappa shape index (κ1) is 17.2. The molecule has 0 radical (unpaired) electrons. The van der Waals surface area contributed by atoms with Gasteiger partial charge in [-0.15, -0.1) is 0 Å². The van der Waals surface area contributed by atoms with Crippen LogP contribution in [0.4, 0.5) is 0 Å². The Kier molecular flexibility index (Phi) is 6.64. The van der Waals surface area contributed by atoms with Gasteiger partial charge in [-0.3, -0.25) is 14.5 Å². The molecule has 0 aromatic heterocycles. The number of amides is 2. The zero-order valence-electron chi connectivity index (χ0n) is 13.6. The van der Waals surface area contributed by atoms with Crippen molar-refractivity contribution in [2.24, 2.45) is 17.6 Å². The molecule has 2 heterocycles. The normalized spacial score (nSPS) is 23.9. The lowest BCUT2D eigenvalue weighted by Crippen LogP contribution is -2.44. The topological polar surface area (TPSA) is 75.9 Å². The Labute approximate surface area is 132 Å². The maximum atomic E-state index is 12.6. The molecule has 2 rings (SSSR count). The van der Waals surface area contributed by atoms with E-state index in [1.54, 1.807) is 0 Å². The van der Waals surface area contributed by atoms with Crippen molar-refractivity contribution in [3.05, 3.63) is 0 Å². The van der Waals surface area contributed by atoms with Crippen LogP contribution >= 0.6 is 0 Å². The Morgan fingerprint density at radius 2 is 1.91 bits per heavy atom. The molecule has 0 unspecified atom stereocenters. The largest absolute Gasteiger partial charge is 0.381 e. The Bertz CT molecular complexity index is 381. The van der Waals surface area contributed by atoms with Gasteiger partial charge >= 0.3 is 0 Å². The Hall–Kier alpha value is -1.14. The van der Waals surface area contributed by atoms with Crippen molar-refractivity contribution < 1.29 is 14.3 Å². The van der Waals surface area contributed by atoms with Crippen LogP contribution in [0.25, 0.3) is 0 Å². The van der Waals surface area contributed by atoms with E-state index in [-0.39, 0.29) is 17.7 Å². The smallest absolute Gasteiger partial charge is 0.231 e. The highest BCUT2D eigenvalue weighted by atomic mass is 16.5. The number of rotatable bonds is 7. The Balaban J connectivity index is 1.71. The fourth-order valence-electron chi connectivity index (χ4n) is 3.38. The van der Waals surface area contributed by atoms with Crippen LogP contribution < -0.4 is 5.73 Å². The van der Waals surface area contributed by atoms with Gasteiger partial charge in [0.05, 0.1) is 13.2 Å². The second-order valence-corrected chi connectivity index (χ2v) is 6.53. The maximum absolute atomic E-state index is 12.6. The van der Waals surface area contributed by atoms with E-state index in [2.05, 4.69) is 6.92 Å². The molecule has 2 fully saturated rings. The number of piperidine rings is 1. The summed E-state index contributed by atoms with van der Waals surface area (Å²) in [6.07, 6.45) is 3.76. The minimum absolute atomic E-state index is 0.111. The summed E-state index contributed by atoms with van der Waals surface area (Å²) < 4.78 is 5.60. The summed E-state index contributed by atoms with van der Waals surface area (Å²) in [5, 5.41) is 0. The number of ether oxygens (including phenoxy) is 1. The molecule has 0 aromatic carbocycles. The molecule has 0 saturated carbocycles. The lowest BCUT2D eigenvalue weighted by atomic mass is 9.95. The lowest BCUT2D eigenvalue weighted by Gasteiger charge is -2.32. The van der Waals surface area contributed by atoms with Gasteiger partial charge in [-0.25, -0.2) is 0 Å². The van der Waals surface area contributed by atoms with Crippen LogP contribution in [-0.4, -0.2) is 67.6 Å². The highest BCUT2D eigenvalue weighted by Gasteiger charge is 2.32. The standard InChI is InChI=1S/C16H29N3O3/c1-2-9-22-12-13-3-8-19(10-13)16(21)14-4-6-18(7-5-14)11-15(17)20/h13-14H,2-12H2,1H3,(H2,17,20)/t13-/m0/s1. The van der Waals surface area contributed by atoms with Crippen molar-refractivity contribution in [2.45, 2.75) is 32.6 Å². The molecule has 6 heteroatoms. The van der Waals surface area contributed by atoms with Crippen LogP contribution in [0.5, 0.6) is 0 Å². The van der Waals surface area contributed by atoms with Gasteiger partial charge in [0.2, 0.25) is 11.8 Å². The number of likely N-dealkylation sites (tertiary alicyclic amines) is 2. The average Bonchev–Trinajstić information content (AvgIpc) is 2.96. The molecular formula is C16H29N3O3. The molecule has 22 heavy (non-hydrogen) atoms. The Morgan fingerprint density at radius 3 is 2.55 bits per heavy atom. The number of nitrogens with zero attached hydrogens (tertiary/aromatic N) is 2. The van der Waals surface area contributed by atoms with Gasteiger partial charge in [0.25, 0.3) is 0 Å². The summed E-state index contributed by atoms with van der Waals surface area (Å²) in [5.74, 6) is 0.598. The fraction of sp³-hybridized carbons (Fsp3) is 0.875. The number of hydrogen-bond acceptors (Lipinski definition) is 4. The predicted octanol–water partition coefficient (Wildman–Crippen LogP) is 0.459. The molecule has 0 bridgehead atoms. The van der Waals surface area contributed by atoms with E-state index in [0.29, 0.717) is 12.5 Å². The van der Waals surface area contributed by atoms with Crippen molar-refractivity contribution in [1.29, 1.82) is 0 Å². The molecule has 1 atom stereocenters. The zero-order chi connectivity index (χ0) is 15.9. The first-order chi connectivity index (χ1) is 10.6. The first-order valence-electron chi connectivity index (χ1n) is 8.47. The van der Waals surface area contributed by atoms with Crippen LogP contribution in [0.2, 0.25) is 0 Å². The first-order valence-corrected chi connectivity index (χ1v) is 8.47. The predicted molar refractivity (Wildman–Crippen MR) is 84.2 cm³/mol. The second kappa shape index (κ2) is 8.48. The van der Waals surface area contributed by atoms with Crippen molar-refractivity contribution >= 4 is 11.8 Å². The lowest BCUT2D eigenvalue weighted by molar-refractivity contribution is -0.136. The molecule has 2 saturated heterocycles. The second-order valence-electron chi connectivity index (χ2n) is 6.53. The van der Waals surface area contributed by atoms with E-state index in [1.165, 1.54) is 0 Å². The number of carbonyl (C=O) groups excluding carboxylic acids is 2. The SMILES string of the molecule is CCCOC[C@H]1CCN(C(=O)C2CCN(CC(N)=O)CC2)C1. The van der Waals surface area contributed by atoms with E-state index < -0.39 is 0 Å². The van der Waals surface area contributed by atoms with Crippen molar-refractivity contribution in [2.75, 3.05) is 45.9 Å². The molecular weight excluding hydrogens is 282 g/mol. The molecule has 0 aliphatic carbocycles. The summed E-state index contributed by atoms with van der Waals surface area (Å²) in [4.78, 5) is 27.6. The van der Waals surface area contributed by atoms with Gasteiger partial charge in [-0.1, -0.05) is 6.92 Å². The number of nitrogens with two attached hydrogens (primary N) is 1. The molecule has 2 aliphatic heterocycles. The quantitative estimate of drug-likeness (QED) is 0.693. The minimum Gasteiger partial charge on any atom is -0.381 e. The summed E-state index contributed by atoms with van der Waals surface area (Å²) in [7, 11) is 0. The van der Waals surface area contributed by atoms with Crippen molar-refractivity contribution in [3.8, 4) is 0 Å². The minimum atomic E-state index is -0.292. The third-order valence-electron chi connectivity index (χ3n) is 4.62. The van der Waals surface area contributed by atoms with Crippen molar-refractivity contribution in [1.82, 2.24) is 9.80 Å². The van der Waals surface area contributed by atoms with E-state index in [4.69, 9.17) is 10.5 Å². The van der Waals surface area contributed by atoms with Gasteiger partial charge in [-0.2, -0.15) is 0 Å². The maximum Gasteiger partial charge on any atom is 0.231 e. The van der Waals surface area contributed by atoms with Gasteiger partial charge in [-0.05, 0) is 38.8 Å². The van der Waals surface area contributed by atoms with Gasteiger partial charge in [0, 0.05) is 31.5 Å². The van der Waals surface area contributed by atoms with Gasteiger partial charge in [0.15, 0.2) is 0 Å². The number of primary amides is 1. The fourth-order valence-corrected chi connectivity index (χ4v) is 3.38. The molecule has 126 valence electrons. The van der Waals surface area contributed by atoms with Crippen LogP contribution in [0, 0.1) is 11.8 Å². The molecule has 0 spiro atoms. The highest BCUT2D eigenvalue weighted by Crippen LogP contribution is 2.24. The third-order valence-corrected chi connectivity index (χ3v) is 4.62. The van der Waals surface area contributed by atoms with E-state index in [9.17, 15) is 9.59 Å². The number of hydrogen-bond donors (Lipinski definition) is 1. The summed E-state index contributed by atoms with van der Waals surface area (Å²) in [5.41, 5.74) is 5.21. The average molecular weight is 311 g/mol. The third kappa shape index (κ3) is 4.95. The monoisotopic (exact) mass is 311 g/mol. The number of carbonyl (C=O) groups is 2. The van der Waals surface area contributed by atoms with Crippen LogP contribution in [0.3, 0.4) is 0 Å². The van der Waals surface area contributed by atoms with Crippen LogP contribution in [-0.2, 0) is 14.3 Å². The van der Waals surface area contributed by atoms with E-state index in [1.807, 2.05) is 9.80 Å².